The molecule has 5 atom stereocenters. The van der Waals surface area contributed by atoms with E-state index in [1.54, 1.807) is 17.1 Å². The number of rotatable bonds is 6. The first-order valence-electron chi connectivity index (χ1n) is 14.0. The molecule has 6 nitrogen and oxygen atoms in total. The molecule has 0 aromatic carbocycles. The van der Waals surface area contributed by atoms with E-state index >= 15 is 0 Å². The number of thiocarbonyl (C=S) groups is 1. The summed E-state index contributed by atoms with van der Waals surface area (Å²) in [5.41, 5.74) is -0.926. The fourth-order valence-corrected chi connectivity index (χ4v) is 9.14. The van der Waals surface area contributed by atoms with E-state index in [0.717, 1.165) is 32.1 Å². The smallest absolute Gasteiger partial charge is 0.269 e. The zero-order valence-corrected chi connectivity index (χ0v) is 27.9. The van der Waals surface area contributed by atoms with Gasteiger partial charge in [-0.05, 0) is 80.6 Å². The fraction of sp³-hybridized carbons (Fsp3) is 0.857. The van der Waals surface area contributed by atoms with Gasteiger partial charge in [0.15, 0.2) is 22.2 Å². The van der Waals surface area contributed by atoms with Crippen molar-refractivity contribution in [2.75, 3.05) is 6.61 Å². The largest absolute Gasteiger partial charge is 0.467 e. The maximum absolute atomic E-state index is 7.18. The maximum atomic E-state index is 7.18. The van der Waals surface area contributed by atoms with Gasteiger partial charge in [0.2, 0.25) is 0 Å². The predicted octanol–water partition coefficient (Wildman–Crippen LogP) is 7.31. The quantitative estimate of drug-likeness (QED) is 0.204. The van der Waals surface area contributed by atoms with E-state index in [4.69, 9.17) is 30.5 Å². The Balaban J connectivity index is 1.67. The van der Waals surface area contributed by atoms with E-state index in [1.165, 1.54) is 0 Å². The maximum Gasteiger partial charge on any atom is 0.269 e. The van der Waals surface area contributed by atoms with Crippen LogP contribution in [0.1, 0.15) is 80.6 Å². The molecule has 0 amide bonds. The number of imidazole rings is 1. The van der Waals surface area contributed by atoms with Crippen molar-refractivity contribution in [2.45, 2.75) is 140 Å². The van der Waals surface area contributed by atoms with Crippen LogP contribution >= 0.6 is 12.2 Å². The third kappa shape index (κ3) is 4.73. The lowest BCUT2D eigenvalue weighted by Crippen LogP contribution is -2.64. The number of nitrogens with zero attached hydrogens (tertiary/aromatic N) is 2. The second-order valence-corrected chi connectivity index (χ2v) is 24.8. The highest BCUT2D eigenvalue weighted by Gasteiger charge is 2.84. The average Bonchev–Trinajstić information content (AvgIpc) is 3.12. The lowest BCUT2D eigenvalue weighted by molar-refractivity contribution is -0.0778. The summed E-state index contributed by atoms with van der Waals surface area (Å²) < 4.78 is 29.4. The van der Waals surface area contributed by atoms with Gasteiger partial charge < -0.3 is 18.3 Å². The Morgan fingerprint density at radius 3 is 2.14 bits per heavy atom. The highest BCUT2D eigenvalue weighted by molar-refractivity contribution is 7.80. The van der Waals surface area contributed by atoms with Gasteiger partial charge in [-0.2, -0.15) is 0 Å². The van der Waals surface area contributed by atoms with Crippen LogP contribution in [0.2, 0.25) is 36.3 Å². The van der Waals surface area contributed by atoms with Crippen LogP contribution in [0.25, 0.3) is 0 Å². The summed E-state index contributed by atoms with van der Waals surface area (Å²) in [6, 6.07) is 0. The Morgan fingerprint density at radius 1 is 1.00 bits per heavy atom. The number of hydrogen-bond donors (Lipinski definition) is 0. The van der Waals surface area contributed by atoms with Gasteiger partial charge in [0.05, 0.1) is 12.2 Å². The molecule has 2 aliphatic carbocycles. The molecule has 2 heterocycles. The molecule has 9 heteroatoms. The number of hydrogen-bond acceptors (Lipinski definition) is 6. The summed E-state index contributed by atoms with van der Waals surface area (Å²) in [4.78, 5) is 4.13. The molecule has 1 unspecified atom stereocenters. The molecule has 4 rings (SSSR count). The molecule has 2 saturated carbocycles. The number of aromatic nitrogens is 2. The zero-order valence-electron chi connectivity index (χ0n) is 25.1. The van der Waals surface area contributed by atoms with Gasteiger partial charge in [0, 0.05) is 17.8 Å². The van der Waals surface area contributed by atoms with E-state index in [2.05, 4.69) is 79.6 Å². The van der Waals surface area contributed by atoms with Gasteiger partial charge in [-0.1, -0.05) is 48.5 Å². The fourth-order valence-electron chi connectivity index (χ4n) is 6.16. The molecule has 3 fully saturated rings. The van der Waals surface area contributed by atoms with E-state index < -0.39 is 22.2 Å². The molecular weight excluding hydrogens is 517 g/mol. The van der Waals surface area contributed by atoms with Crippen LogP contribution in [0, 0.1) is 5.41 Å². The molecule has 37 heavy (non-hydrogen) atoms. The van der Waals surface area contributed by atoms with Crippen LogP contribution in [-0.4, -0.2) is 61.4 Å². The molecule has 3 aliphatic rings. The molecule has 210 valence electrons. The van der Waals surface area contributed by atoms with Crippen LogP contribution < -0.4 is 0 Å². The highest BCUT2D eigenvalue weighted by atomic mass is 32.1. The van der Waals surface area contributed by atoms with Crippen molar-refractivity contribution in [3.63, 3.8) is 0 Å². The van der Waals surface area contributed by atoms with Gasteiger partial charge in [-0.15, -0.1) is 0 Å². The van der Waals surface area contributed by atoms with Crippen molar-refractivity contribution in [1.82, 2.24) is 9.55 Å². The van der Waals surface area contributed by atoms with Crippen LogP contribution in [0.5, 0.6) is 0 Å². The Hall–Kier alpha value is -0.586. The summed E-state index contributed by atoms with van der Waals surface area (Å²) in [6.07, 6.45) is 10.6. The lowest BCUT2D eigenvalue weighted by atomic mass is 9.54. The summed E-state index contributed by atoms with van der Waals surface area (Å²) in [5.74, 6) is 0. The SMILES string of the molecule is CC(C)(C)[Si](C)(C)O[C@H]1CC[C@]2(C)[C@@H](O[Si](C)(C)C(C)(C)C)CCCC23O[C@@]13COC(=S)n1ccnc1. The summed E-state index contributed by atoms with van der Waals surface area (Å²) in [7, 11) is -3.99. The minimum atomic E-state index is -2.04. The van der Waals surface area contributed by atoms with Crippen LogP contribution in [0.3, 0.4) is 0 Å². The zero-order chi connectivity index (χ0) is 27.7. The molecule has 0 N–H and O–H groups in total. The van der Waals surface area contributed by atoms with Gasteiger partial charge in [-0.3, -0.25) is 4.57 Å². The molecule has 1 aromatic heterocycles. The minimum Gasteiger partial charge on any atom is -0.467 e. The monoisotopic (exact) mass is 566 g/mol. The summed E-state index contributed by atoms with van der Waals surface area (Å²) >= 11 is 5.62. The Bertz CT molecular complexity index is 1000. The van der Waals surface area contributed by atoms with Crippen LogP contribution in [0.15, 0.2) is 18.7 Å². The van der Waals surface area contributed by atoms with E-state index in [0.29, 0.717) is 11.8 Å². The molecule has 1 aliphatic heterocycles. The Labute approximate surface area is 232 Å². The van der Waals surface area contributed by atoms with E-state index in [-0.39, 0.29) is 33.3 Å². The Morgan fingerprint density at radius 2 is 1.59 bits per heavy atom. The molecule has 1 spiro atoms. The van der Waals surface area contributed by atoms with Crippen LogP contribution in [-0.2, 0) is 18.3 Å². The molecule has 0 bridgehead atoms. The van der Waals surface area contributed by atoms with Crippen molar-refractivity contribution in [1.29, 1.82) is 0 Å². The average molecular weight is 567 g/mol. The molecule has 1 aromatic rings. The van der Waals surface area contributed by atoms with Crippen molar-refractivity contribution >= 4 is 34.0 Å². The van der Waals surface area contributed by atoms with Crippen molar-refractivity contribution < 1.29 is 18.3 Å². The number of ether oxygens (including phenoxy) is 2. The summed E-state index contributed by atoms with van der Waals surface area (Å²) in [6.45, 7) is 26.1. The highest BCUT2D eigenvalue weighted by Crippen LogP contribution is 2.72. The van der Waals surface area contributed by atoms with Crippen molar-refractivity contribution in [3.05, 3.63) is 18.7 Å². The third-order valence-electron chi connectivity index (χ3n) is 10.7. The Kier molecular flexibility index (Phi) is 7.33. The van der Waals surface area contributed by atoms with Gasteiger partial charge in [-0.25, -0.2) is 4.98 Å². The molecule has 0 radical (unpaired) electrons. The van der Waals surface area contributed by atoms with E-state index in [9.17, 15) is 0 Å². The predicted molar refractivity (Wildman–Crippen MR) is 158 cm³/mol. The van der Waals surface area contributed by atoms with Crippen LogP contribution in [0.4, 0.5) is 0 Å². The topological polar surface area (TPSA) is 58.0 Å². The standard InChI is InChI=1S/C28H50N2O4SSi2/c1-24(2,3)36(8,9)32-21-13-12-15-28-26(21,7)16-14-22(33-37(10,11)25(4,5)6)27(28,34-28)19-31-23(35)30-18-17-29-20-30/h17-18,20-22H,12-16,19H2,1-11H3/t21-,22-,26+,27-,28?/m0/s1. The molecular formula is C28H50N2O4SSi2. The minimum absolute atomic E-state index is 0.0151. The van der Waals surface area contributed by atoms with Crippen molar-refractivity contribution in [2.24, 2.45) is 5.41 Å². The molecule has 1 saturated heterocycles. The van der Waals surface area contributed by atoms with Gasteiger partial charge in [0.1, 0.15) is 18.5 Å². The third-order valence-corrected chi connectivity index (χ3v) is 20.0. The number of epoxide rings is 1. The second kappa shape index (κ2) is 9.23. The second-order valence-electron chi connectivity index (χ2n) is 14.9. The van der Waals surface area contributed by atoms with Gasteiger partial charge >= 0.3 is 0 Å². The first-order valence-corrected chi connectivity index (χ1v) is 20.3. The lowest BCUT2D eigenvalue weighted by Gasteiger charge is -2.55. The summed E-state index contributed by atoms with van der Waals surface area (Å²) in [5, 5.41) is 0.684. The van der Waals surface area contributed by atoms with Crippen molar-refractivity contribution in [3.8, 4) is 0 Å². The van der Waals surface area contributed by atoms with Gasteiger partial charge in [0.25, 0.3) is 5.17 Å². The first-order chi connectivity index (χ1) is 16.8. The first kappa shape index (κ1) is 29.4. The normalized spacial score (nSPS) is 34.5. The van der Waals surface area contributed by atoms with E-state index in [1.807, 2.05) is 6.20 Å².